The van der Waals surface area contributed by atoms with Crippen molar-refractivity contribution in [3.05, 3.63) is 12.3 Å². The van der Waals surface area contributed by atoms with E-state index in [1.807, 2.05) is 6.92 Å². The van der Waals surface area contributed by atoms with E-state index >= 15 is 0 Å². The van der Waals surface area contributed by atoms with Gasteiger partial charge in [0.1, 0.15) is 0 Å². The maximum atomic E-state index is 5.67. The van der Waals surface area contributed by atoms with Crippen LogP contribution in [0.15, 0.2) is 12.3 Å². The summed E-state index contributed by atoms with van der Waals surface area (Å²) < 4.78 is 0. The zero-order valence-corrected chi connectivity index (χ0v) is 6.56. The van der Waals surface area contributed by atoms with Crippen LogP contribution in [0.25, 0.3) is 0 Å². The van der Waals surface area contributed by atoms with Gasteiger partial charge in [0.05, 0.1) is 0 Å². The summed E-state index contributed by atoms with van der Waals surface area (Å²) in [6, 6.07) is 0.307. The maximum absolute atomic E-state index is 5.67. The monoisotopic (exact) mass is 140 g/mol. The highest BCUT2D eigenvalue weighted by Crippen LogP contribution is 2.21. The van der Waals surface area contributed by atoms with Gasteiger partial charge in [-0.25, -0.2) is 0 Å². The molecule has 2 heteroatoms. The standard InChI is InChI=1S/C8H16N2/c1-6(9)5-8-3-4-10-7(8)2/h6,8,10H,2-5,9H2,1H3. The average Bonchev–Trinajstić information content (AvgIpc) is 2.15. The lowest BCUT2D eigenvalue weighted by atomic mass is 9.98. The highest BCUT2D eigenvalue weighted by atomic mass is 14.9. The lowest BCUT2D eigenvalue weighted by Gasteiger charge is -2.11. The summed E-state index contributed by atoms with van der Waals surface area (Å²) in [5, 5.41) is 3.22. The zero-order chi connectivity index (χ0) is 7.56. The summed E-state index contributed by atoms with van der Waals surface area (Å²) in [5.74, 6) is 0.625. The minimum absolute atomic E-state index is 0.307. The van der Waals surface area contributed by atoms with E-state index in [1.54, 1.807) is 0 Å². The highest BCUT2D eigenvalue weighted by Gasteiger charge is 2.19. The second-order valence-electron chi connectivity index (χ2n) is 3.15. The van der Waals surface area contributed by atoms with E-state index in [-0.39, 0.29) is 0 Å². The third-order valence-electron chi connectivity index (χ3n) is 1.99. The summed E-state index contributed by atoms with van der Waals surface area (Å²) in [7, 11) is 0. The van der Waals surface area contributed by atoms with Gasteiger partial charge in [-0.05, 0) is 19.8 Å². The first-order valence-corrected chi connectivity index (χ1v) is 3.88. The number of allylic oxidation sites excluding steroid dienone is 1. The van der Waals surface area contributed by atoms with E-state index in [4.69, 9.17) is 5.73 Å². The van der Waals surface area contributed by atoms with Crippen molar-refractivity contribution in [2.24, 2.45) is 11.7 Å². The molecule has 58 valence electrons. The van der Waals surface area contributed by atoms with Gasteiger partial charge in [-0.3, -0.25) is 0 Å². The lowest BCUT2D eigenvalue weighted by molar-refractivity contribution is 0.519. The molecule has 3 N–H and O–H groups in total. The molecule has 1 heterocycles. The Bertz CT molecular complexity index is 129. The van der Waals surface area contributed by atoms with Gasteiger partial charge >= 0.3 is 0 Å². The molecule has 0 aromatic rings. The molecule has 2 nitrogen and oxygen atoms in total. The molecule has 0 bridgehead atoms. The largest absolute Gasteiger partial charge is 0.389 e. The van der Waals surface area contributed by atoms with Gasteiger partial charge in [0.25, 0.3) is 0 Å². The van der Waals surface area contributed by atoms with Crippen LogP contribution in [0.3, 0.4) is 0 Å². The van der Waals surface area contributed by atoms with E-state index in [9.17, 15) is 0 Å². The van der Waals surface area contributed by atoms with Crippen molar-refractivity contribution in [3.63, 3.8) is 0 Å². The Hall–Kier alpha value is -0.500. The van der Waals surface area contributed by atoms with Crippen LogP contribution in [0.1, 0.15) is 19.8 Å². The topological polar surface area (TPSA) is 38.0 Å². The number of nitrogens with one attached hydrogen (secondary N) is 1. The van der Waals surface area contributed by atoms with Crippen LogP contribution in [-0.2, 0) is 0 Å². The van der Waals surface area contributed by atoms with Gasteiger partial charge in [0.2, 0.25) is 0 Å². The molecule has 0 aliphatic carbocycles. The van der Waals surface area contributed by atoms with Crippen LogP contribution in [0, 0.1) is 5.92 Å². The van der Waals surface area contributed by atoms with Crippen molar-refractivity contribution in [1.29, 1.82) is 0 Å². The van der Waals surface area contributed by atoms with Crippen LogP contribution in [-0.4, -0.2) is 12.6 Å². The lowest BCUT2D eigenvalue weighted by Crippen LogP contribution is -2.19. The second kappa shape index (κ2) is 3.06. The molecular formula is C8H16N2. The second-order valence-corrected chi connectivity index (χ2v) is 3.15. The molecule has 0 aromatic carbocycles. The van der Waals surface area contributed by atoms with Gasteiger partial charge in [-0.15, -0.1) is 0 Å². The minimum atomic E-state index is 0.307. The Labute approximate surface area is 62.5 Å². The van der Waals surface area contributed by atoms with Crippen LogP contribution < -0.4 is 11.1 Å². The fraction of sp³-hybridized carbons (Fsp3) is 0.750. The normalized spacial score (nSPS) is 28.2. The first-order valence-electron chi connectivity index (χ1n) is 3.88. The Morgan fingerprint density at radius 2 is 2.60 bits per heavy atom. The average molecular weight is 140 g/mol. The highest BCUT2D eigenvalue weighted by molar-refractivity contribution is 5.03. The summed E-state index contributed by atoms with van der Waals surface area (Å²) >= 11 is 0. The Morgan fingerprint density at radius 1 is 1.90 bits per heavy atom. The predicted octanol–water partition coefficient (Wildman–Crippen LogP) is 0.847. The first-order chi connectivity index (χ1) is 4.70. The molecule has 2 atom stereocenters. The van der Waals surface area contributed by atoms with Crippen LogP contribution in [0.2, 0.25) is 0 Å². The number of nitrogens with two attached hydrogens (primary N) is 1. The van der Waals surface area contributed by atoms with E-state index in [0.29, 0.717) is 12.0 Å². The molecule has 2 unspecified atom stereocenters. The predicted molar refractivity (Wildman–Crippen MR) is 43.5 cm³/mol. The van der Waals surface area contributed by atoms with Crippen molar-refractivity contribution < 1.29 is 0 Å². The molecular weight excluding hydrogens is 124 g/mol. The van der Waals surface area contributed by atoms with Crippen molar-refractivity contribution in [1.82, 2.24) is 5.32 Å². The van der Waals surface area contributed by atoms with Gasteiger partial charge < -0.3 is 11.1 Å². The third kappa shape index (κ3) is 1.74. The van der Waals surface area contributed by atoms with Gasteiger partial charge in [-0.1, -0.05) is 6.58 Å². The molecule has 1 aliphatic rings. The maximum Gasteiger partial charge on any atom is 0.0150 e. The van der Waals surface area contributed by atoms with Crippen LogP contribution in [0.5, 0.6) is 0 Å². The fourth-order valence-electron chi connectivity index (χ4n) is 1.43. The van der Waals surface area contributed by atoms with Gasteiger partial charge in [-0.2, -0.15) is 0 Å². The molecule has 1 rings (SSSR count). The number of hydrogen-bond donors (Lipinski definition) is 2. The summed E-state index contributed by atoms with van der Waals surface area (Å²) in [4.78, 5) is 0. The number of rotatable bonds is 2. The van der Waals surface area contributed by atoms with Crippen molar-refractivity contribution in [3.8, 4) is 0 Å². The van der Waals surface area contributed by atoms with E-state index in [1.165, 1.54) is 12.1 Å². The number of hydrogen-bond acceptors (Lipinski definition) is 2. The smallest absolute Gasteiger partial charge is 0.0150 e. The molecule has 10 heavy (non-hydrogen) atoms. The van der Waals surface area contributed by atoms with Gasteiger partial charge in [0, 0.05) is 24.2 Å². The quantitative estimate of drug-likeness (QED) is 0.596. The third-order valence-corrected chi connectivity index (χ3v) is 1.99. The molecule has 0 radical (unpaired) electrons. The van der Waals surface area contributed by atoms with Gasteiger partial charge in [0.15, 0.2) is 0 Å². The molecule has 1 aliphatic heterocycles. The Kier molecular flexibility index (Phi) is 2.33. The van der Waals surface area contributed by atoms with Crippen molar-refractivity contribution in [2.45, 2.75) is 25.8 Å². The summed E-state index contributed by atoms with van der Waals surface area (Å²) in [5.41, 5.74) is 6.84. The van der Waals surface area contributed by atoms with E-state index in [0.717, 1.165) is 13.0 Å². The SMILES string of the molecule is C=C1NCCC1CC(C)N. The molecule has 0 amide bonds. The fourth-order valence-corrected chi connectivity index (χ4v) is 1.43. The van der Waals surface area contributed by atoms with E-state index < -0.39 is 0 Å². The first kappa shape index (κ1) is 7.61. The molecule has 0 saturated carbocycles. The van der Waals surface area contributed by atoms with Crippen molar-refractivity contribution in [2.75, 3.05) is 6.54 Å². The Morgan fingerprint density at radius 3 is 3.00 bits per heavy atom. The molecule has 1 fully saturated rings. The molecule has 0 spiro atoms. The van der Waals surface area contributed by atoms with Crippen LogP contribution >= 0.6 is 0 Å². The zero-order valence-electron chi connectivity index (χ0n) is 6.56. The van der Waals surface area contributed by atoms with Crippen molar-refractivity contribution >= 4 is 0 Å². The Balaban J connectivity index is 2.33. The van der Waals surface area contributed by atoms with E-state index in [2.05, 4.69) is 11.9 Å². The minimum Gasteiger partial charge on any atom is -0.389 e. The summed E-state index contributed by atoms with van der Waals surface area (Å²) in [6.07, 6.45) is 2.28. The molecule has 1 saturated heterocycles. The summed E-state index contributed by atoms with van der Waals surface area (Å²) in [6.45, 7) is 7.05. The molecule has 0 aromatic heterocycles. The van der Waals surface area contributed by atoms with Crippen LogP contribution in [0.4, 0.5) is 0 Å².